The van der Waals surface area contributed by atoms with Crippen molar-refractivity contribution in [2.45, 2.75) is 0 Å². The SMILES string of the molecule is COc1cccc(-c2cn3cc(-c4ccc5nc(N)ncc5c4)ccc3n2)c1. The van der Waals surface area contributed by atoms with Gasteiger partial charge in [-0.15, -0.1) is 0 Å². The summed E-state index contributed by atoms with van der Waals surface area (Å²) in [5.41, 5.74) is 11.5. The number of nitrogens with zero attached hydrogens (tertiary/aromatic N) is 4. The first-order valence-electron chi connectivity index (χ1n) is 8.85. The molecule has 0 aliphatic rings. The van der Waals surface area contributed by atoms with Crippen molar-refractivity contribution in [1.82, 2.24) is 19.4 Å². The van der Waals surface area contributed by atoms with Gasteiger partial charge >= 0.3 is 0 Å². The van der Waals surface area contributed by atoms with Gasteiger partial charge in [-0.3, -0.25) is 0 Å². The fourth-order valence-electron chi connectivity index (χ4n) is 3.31. The molecule has 6 nitrogen and oxygen atoms in total. The molecule has 0 amide bonds. The van der Waals surface area contributed by atoms with Crippen molar-refractivity contribution in [3.63, 3.8) is 0 Å². The van der Waals surface area contributed by atoms with Crippen LogP contribution in [0.4, 0.5) is 5.95 Å². The van der Waals surface area contributed by atoms with Crippen LogP contribution in [-0.4, -0.2) is 26.5 Å². The van der Waals surface area contributed by atoms with E-state index in [1.165, 1.54) is 0 Å². The van der Waals surface area contributed by atoms with Crippen molar-refractivity contribution in [2.24, 2.45) is 0 Å². The number of methoxy groups -OCH3 is 1. The average molecular weight is 367 g/mol. The van der Waals surface area contributed by atoms with Gasteiger partial charge in [-0.25, -0.2) is 15.0 Å². The predicted molar refractivity (Wildman–Crippen MR) is 110 cm³/mol. The summed E-state index contributed by atoms with van der Waals surface area (Å²) in [4.78, 5) is 13.1. The zero-order chi connectivity index (χ0) is 19.1. The molecule has 28 heavy (non-hydrogen) atoms. The number of nitrogen functional groups attached to an aromatic ring is 1. The number of fused-ring (bicyclic) bond motifs is 2. The lowest BCUT2D eigenvalue weighted by Gasteiger charge is -2.05. The molecular weight excluding hydrogens is 350 g/mol. The largest absolute Gasteiger partial charge is 0.497 e. The molecule has 0 bridgehead atoms. The second kappa shape index (κ2) is 6.35. The third kappa shape index (κ3) is 2.81. The second-order valence-corrected chi connectivity index (χ2v) is 6.54. The van der Waals surface area contributed by atoms with Crippen molar-refractivity contribution < 1.29 is 4.74 Å². The van der Waals surface area contributed by atoms with Crippen LogP contribution >= 0.6 is 0 Å². The summed E-state index contributed by atoms with van der Waals surface area (Å²) in [7, 11) is 1.66. The Balaban J connectivity index is 1.57. The van der Waals surface area contributed by atoms with Gasteiger partial charge in [0.15, 0.2) is 0 Å². The number of nitrogens with two attached hydrogens (primary N) is 1. The number of rotatable bonds is 3. The number of benzene rings is 2. The highest BCUT2D eigenvalue weighted by Gasteiger charge is 2.08. The van der Waals surface area contributed by atoms with E-state index in [4.69, 9.17) is 15.5 Å². The topological polar surface area (TPSA) is 78.3 Å². The van der Waals surface area contributed by atoms with E-state index in [1.807, 2.05) is 53.1 Å². The Morgan fingerprint density at radius 3 is 2.68 bits per heavy atom. The van der Waals surface area contributed by atoms with Crippen LogP contribution in [0.3, 0.4) is 0 Å². The van der Waals surface area contributed by atoms with E-state index in [2.05, 4.69) is 28.3 Å². The van der Waals surface area contributed by atoms with Gasteiger partial charge in [0, 0.05) is 29.5 Å². The molecule has 6 heteroatoms. The molecule has 0 spiro atoms. The Labute approximate surface area is 161 Å². The van der Waals surface area contributed by atoms with Gasteiger partial charge in [0.25, 0.3) is 0 Å². The van der Waals surface area contributed by atoms with Gasteiger partial charge in [-0.2, -0.15) is 0 Å². The van der Waals surface area contributed by atoms with Crippen LogP contribution in [0.1, 0.15) is 0 Å². The molecule has 0 saturated heterocycles. The lowest BCUT2D eigenvalue weighted by atomic mass is 10.1. The maximum Gasteiger partial charge on any atom is 0.220 e. The van der Waals surface area contributed by atoms with Crippen LogP contribution in [0, 0.1) is 0 Å². The van der Waals surface area contributed by atoms with Gasteiger partial charge < -0.3 is 14.9 Å². The lowest BCUT2D eigenvalue weighted by molar-refractivity contribution is 0.415. The minimum absolute atomic E-state index is 0.283. The highest BCUT2D eigenvalue weighted by atomic mass is 16.5. The average Bonchev–Trinajstić information content (AvgIpc) is 3.17. The molecule has 0 radical (unpaired) electrons. The van der Waals surface area contributed by atoms with Crippen LogP contribution < -0.4 is 10.5 Å². The highest BCUT2D eigenvalue weighted by molar-refractivity contribution is 5.84. The zero-order valence-corrected chi connectivity index (χ0v) is 15.2. The van der Waals surface area contributed by atoms with Gasteiger partial charge in [0.1, 0.15) is 11.4 Å². The number of pyridine rings is 1. The molecule has 0 unspecified atom stereocenters. The van der Waals surface area contributed by atoms with Gasteiger partial charge in [0.2, 0.25) is 5.95 Å². The van der Waals surface area contributed by atoms with E-state index in [0.717, 1.165) is 44.7 Å². The van der Waals surface area contributed by atoms with Crippen LogP contribution in [0.15, 0.2) is 73.2 Å². The van der Waals surface area contributed by atoms with Gasteiger partial charge in [-0.05, 0) is 47.5 Å². The molecule has 0 aliphatic heterocycles. The van der Waals surface area contributed by atoms with Crippen molar-refractivity contribution in [3.05, 3.63) is 73.2 Å². The molecule has 0 saturated carbocycles. The lowest BCUT2D eigenvalue weighted by Crippen LogP contribution is -1.94. The summed E-state index contributed by atoms with van der Waals surface area (Å²) in [5.74, 6) is 1.10. The zero-order valence-electron chi connectivity index (χ0n) is 15.2. The maximum atomic E-state index is 5.66. The first-order valence-corrected chi connectivity index (χ1v) is 8.85. The first kappa shape index (κ1) is 16.3. The van der Waals surface area contributed by atoms with Crippen molar-refractivity contribution >= 4 is 22.5 Å². The summed E-state index contributed by atoms with van der Waals surface area (Å²) < 4.78 is 7.35. The Morgan fingerprint density at radius 2 is 1.79 bits per heavy atom. The van der Waals surface area contributed by atoms with E-state index < -0.39 is 0 Å². The first-order chi connectivity index (χ1) is 13.7. The van der Waals surface area contributed by atoms with Gasteiger partial charge in [-0.1, -0.05) is 18.2 Å². The monoisotopic (exact) mass is 367 g/mol. The van der Waals surface area contributed by atoms with Gasteiger partial charge in [0.05, 0.1) is 18.3 Å². The Hall–Kier alpha value is -3.93. The molecule has 3 aromatic heterocycles. The smallest absolute Gasteiger partial charge is 0.220 e. The van der Waals surface area contributed by atoms with Crippen LogP contribution in [-0.2, 0) is 0 Å². The van der Waals surface area contributed by atoms with E-state index in [0.29, 0.717) is 0 Å². The molecule has 2 aromatic carbocycles. The number of ether oxygens (including phenoxy) is 1. The minimum atomic E-state index is 0.283. The molecule has 0 aliphatic carbocycles. The number of aromatic nitrogens is 4. The van der Waals surface area contributed by atoms with Crippen molar-refractivity contribution in [2.75, 3.05) is 12.8 Å². The van der Waals surface area contributed by atoms with Crippen LogP contribution in [0.2, 0.25) is 0 Å². The summed E-state index contributed by atoms with van der Waals surface area (Å²) in [6.45, 7) is 0. The Bertz CT molecular complexity index is 1330. The molecule has 5 rings (SSSR count). The van der Waals surface area contributed by atoms with Crippen molar-refractivity contribution in [3.8, 4) is 28.1 Å². The third-order valence-electron chi connectivity index (χ3n) is 4.75. The number of hydrogen-bond acceptors (Lipinski definition) is 5. The Morgan fingerprint density at radius 1 is 0.893 bits per heavy atom. The summed E-state index contributed by atoms with van der Waals surface area (Å²) in [5, 5.41) is 0.953. The number of imidazole rings is 1. The van der Waals surface area contributed by atoms with E-state index >= 15 is 0 Å². The standard InChI is InChI=1S/C22H17N5O/c1-28-18-4-2-3-15(10-18)20-13-27-12-16(6-8-21(27)25-20)14-5-7-19-17(9-14)11-24-22(23)26-19/h2-13H,1H3,(H2,23,24,26). The molecular formula is C22H17N5O. The van der Waals surface area contributed by atoms with Crippen LogP contribution in [0.25, 0.3) is 38.9 Å². The number of hydrogen-bond donors (Lipinski definition) is 1. The van der Waals surface area contributed by atoms with E-state index in [9.17, 15) is 0 Å². The van der Waals surface area contributed by atoms with Crippen LogP contribution in [0.5, 0.6) is 5.75 Å². The van der Waals surface area contributed by atoms with E-state index in [-0.39, 0.29) is 5.95 Å². The fourth-order valence-corrected chi connectivity index (χ4v) is 3.31. The maximum absolute atomic E-state index is 5.66. The molecule has 136 valence electrons. The molecule has 0 atom stereocenters. The quantitative estimate of drug-likeness (QED) is 0.517. The summed E-state index contributed by atoms with van der Waals surface area (Å²) >= 11 is 0. The number of anilines is 1. The molecule has 3 heterocycles. The predicted octanol–water partition coefficient (Wildman–Crippen LogP) is 4.20. The van der Waals surface area contributed by atoms with Crippen molar-refractivity contribution in [1.29, 1.82) is 0 Å². The normalized spacial score (nSPS) is 11.2. The molecule has 2 N–H and O–H groups in total. The van der Waals surface area contributed by atoms with E-state index in [1.54, 1.807) is 13.3 Å². The minimum Gasteiger partial charge on any atom is -0.497 e. The summed E-state index contributed by atoms with van der Waals surface area (Å²) in [6.07, 6.45) is 5.85. The third-order valence-corrected chi connectivity index (χ3v) is 4.75. The molecule has 5 aromatic rings. The fraction of sp³-hybridized carbons (Fsp3) is 0.0455. The summed E-state index contributed by atoms with van der Waals surface area (Å²) in [6, 6.07) is 18.0. The molecule has 0 fully saturated rings. The Kier molecular flexibility index (Phi) is 3.69. The highest BCUT2D eigenvalue weighted by Crippen LogP contribution is 2.27. The second-order valence-electron chi connectivity index (χ2n) is 6.54.